The van der Waals surface area contributed by atoms with E-state index < -0.39 is 0 Å². The predicted octanol–water partition coefficient (Wildman–Crippen LogP) is 4.16. The van der Waals surface area contributed by atoms with Crippen LogP contribution in [0.2, 0.25) is 0 Å². The van der Waals surface area contributed by atoms with Crippen molar-refractivity contribution in [3.63, 3.8) is 0 Å². The second-order valence-corrected chi connectivity index (χ2v) is 5.71. The van der Waals surface area contributed by atoms with E-state index in [1.165, 1.54) is 0 Å². The number of nitrogens with zero attached hydrogens (tertiary/aromatic N) is 2. The van der Waals surface area contributed by atoms with Crippen molar-refractivity contribution in [1.29, 1.82) is 0 Å². The average Bonchev–Trinajstić information content (AvgIpc) is 2.67. The Bertz CT molecular complexity index is 866. The second kappa shape index (κ2) is 8.20. The maximum Gasteiger partial charge on any atom is 0.142 e. The summed E-state index contributed by atoms with van der Waals surface area (Å²) in [5.74, 6) is 3.75. The zero-order valence-electron chi connectivity index (χ0n) is 15.1. The lowest BCUT2D eigenvalue weighted by molar-refractivity contribution is 0.414. The first-order valence-corrected chi connectivity index (χ1v) is 8.30. The van der Waals surface area contributed by atoms with Crippen LogP contribution in [-0.2, 0) is 6.54 Å². The van der Waals surface area contributed by atoms with Gasteiger partial charge in [-0.25, -0.2) is 9.97 Å². The van der Waals surface area contributed by atoms with Crippen LogP contribution >= 0.6 is 0 Å². The van der Waals surface area contributed by atoms with E-state index in [1.54, 1.807) is 14.2 Å². The molecule has 2 N–H and O–H groups in total. The summed E-state index contributed by atoms with van der Waals surface area (Å²) < 4.78 is 10.5. The highest BCUT2D eigenvalue weighted by molar-refractivity contribution is 5.65. The second-order valence-electron chi connectivity index (χ2n) is 5.71. The molecule has 134 valence electrons. The molecule has 0 unspecified atom stereocenters. The standard InChI is InChI=1S/C20H22N4O2/c1-14-22-19(21-13-15-8-10-16(25-2)11-9-15)12-20(23-14)24-17-6-4-5-7-18(17)26-3/h4-12H,13H2,1-3H3,(H2,21,22,23,24). The van der Waals surface area contributed by atoms with E-state index >= 15 is 0 Å². The normalized spacial score (nSPS) is 10.3. The van der Waals surface area contributed by atoms with Gasteiger partial charge in [-0.2, -0.15) is 0 Å². The van der Waals surface area contributed by atoms with E-state index in [0.717, 1.165) is 28.6 Å². The van der Waals surface area contributed by atoms with Gasteiger partial charge in [-0.15, -0.1) is 0 Å². The molecule has 0 fully saturated rings. The van der Waals surface area contributed by atoms with Crippen LogP contribution < -0.4 is 20.1 Å². The Morgan fingerprint density at radius 2 is 1.62 bits per heavy atom. The first kappa shape index (κ1) is 17.5. The van der Waals surface area contributed by atoms with E-state index in [9.17, 15) is 0 Å². The molecule has 0 saturated heterocycles. The fourth-order valence-electron chi connectivity index (χ4n) is 2.54. The molecule has 0 amide bonds. The highest BCUT2D eigenvalue weighted by Gasteiger charge is 2.06. The van der Waals surface area contributed by atoms with E-state index in [-0.39, 0.29) is 0 Å². The van der Waals surface area contributed by atoms with Gasteiger partial charge in [0.1, 0.15) is 29.0 Å². The van der Waals surface area contributed by atoms with Gasteiger partial charge in [0.25, 0.3) is 0 Å². The minimum absolute atomic E-state index is 0.661. The highest BCUT2D eigenvalue weighted by Crippen LogP contribution is 2.27. The summed E-state index contributed by atoms with van der Waals surface area (Å²) in [5, 5.41) is 6.62. The minimum Gasteiger partial charge on any atom is -0.497 e. The van der Waals surface area contributed by atoms with Crippen molar-refractivity contribution in [3.8, 4) is 11.5 Å². The van der Waals surface area contributed by atoms with Crippen LogP contribution in [0, 0.1) is 6.92 Å². The number of hydrogen-bond acceptors (Lipinski definition) is 6. The summed E-state index contributed by atoms with van der Waals surface area (Å²) >= 11 is 0. The molecule has 0 aliphatic carbocycles. The first-order valence-electron chi connectivity index (χ1n) is 8.30. The smallest absolute Gasteiger partial charge is 0.142 e. The maximum absolute atomic E-state index is 5.37. The van der Waals surface area contributed by atoms with Crippen molar-refractivity contribution in [1.82, 2.24) is 9.97 Å². The van der Waals surface area contributed by atoms with Crippen LogP contribution in [-0.4, -0.2) is 24.2 Å². The summed E-state index contributed by atoms with van der Waals surface area (Å²) in [7, 11) is 3.31. The monoisotopic (exact) mass is 350 g/mol. The molecular weight excluding hydrogens is 328 g/mol. The Balaban J connectivity index is 1.72. The van der Waals surface area contributed by atoms with E-state index in [0.29, 0.717) is 18.2 Å². The lowest BCUT2D eigenvalue weighted by atomic mass is 10.2. The lowest BCUT2D eigenvalue weighted by Crippen LogP contribution is -2.05. The van der Waals surface area contributed by atoms with Gasteiger partial charge < -0.3 is 20.1 Å². The summed E-state index contributed by atoms with van der Waals surface area (Å²) in [6, 6.07) is 17.5. The Labute approximate surface area is 153 Å². The van der Waals surface area contributed by atoms with Gasteiger partial charge in [0.05, 0.1) is 19.9 Å². The molecule has 0 aliphatic heterocycles. The van der Waals surface area contributed by atoms with E-state index in [2.05, 4.69) is 20.6 Å². The Hall–Kier alpha value is -3.28. The number of hydrogen-bond donors (Lipinski definition) is 2. The molecule has 1 aromatic heterocycles. The van der Waals surface area contributed by atoms with Crippen LogP contribution in [0.1, 0.15) is 11.4 Å². The minimum atomic E-state index is 0.661. The number of aryl methyl sites for hydroxylation is 1. The predicted molar refractivity (Wildman–Crippen MR) is 103 cm³/mol. The molecule has 0 aliphatic rings. The van der Waals surface area contributed by atoms with Gasteiger partial charge in [0.2, 0.25) is 0 Å². The van der Waals surface area contributed by atoms with Crippen LogP contribution in [0.15, 0.2) is 54.6 Å². The molecule has 26 heavy (non-hydrogen) atoms. The molecule has 0 spiro atoms. The topological polar surface area (TPSA) is 68.3 Å². The summed E-state index contributed by atoms with van der Waals surface area (Å²) in [6.07, 6.45) is 0. The van der Waals surface area contributed by atoms with Gasteiger partial charge in [-0.1, -0.05) is 24.3 Å². The molecule has 2 aromatic carbocycles. The van der Waals surface area contributed by atoms with Crippen molar-refractivity contribution in [3.05, 3.63) is 66.0 Å². The van der Waals surface area contributed by atoms with Crippen LogP contribution in [0.5, 0.6) is 11.5 Å². The molecule has 0 atom stereocenters. The number of ether oxygens (including phenoxy) is 2. The van der Waals surface area contributed by atoms with E-state index in [4.69, 9.17) is 9.47 Å². The summed E-state index contributed by atoms with van der Waals surface area (Å²) in [4.78, 5) is 8.90. The number of benzene rings is 2. The van der Waals surface area contributed by atoms with Crippen molar-refractivity contribution in [2.75, 3.05) is 24.9 Å². The van der Waals surface area contributed by atoms with Crippen molar-refractivity contribution in [2.45, 2.75) is 13.5 Å². The molecule has 0 bridgehead atoms. The van der Waals surface area contributed by atoms with Crippen LogP contribution in [0.4, 0.5) is 17.3 Å². The van der Waals surface area contributed by atoms with Gasteiger partial charge in [-0.3, -0.25) is 0 Å². The summed E-state index contributed by atoms with van der Waals surface area (Å²) in [5.41, 5.74) is 2.00. The Morgan fingerprint density at radius 3 is 2.35 bits per heavy atom. The molecule has 0 radical (unpaired) electrons. The fourth-order valence-corrected chi connectivity index (χ4v) is 2.54. The first-order chi connectivity index (χ1) is 12.7. The zero-order chi connectivity index (χ0) is 18.4. The molecular formula is C20H22N4O2. The van der Waals surface area contributed by atoms with Crippen LogP contribution in [0.3, 0.4) is 0 Å². The van der Waals surface area contributed by atoms with Gasteiger partial charge >= 0.3 is 0 Å². The van der Waals surface area contributed by atoms with Crippen LogP contribution in [0.25, 0.3) is 0 Å². The summed E-state index contributed by atoms with van der Waals surface area (Å²) in [6.45, 7) is 2.53. The largest absolute Gasteiger partial charge is 0.497 e. The average molecular weight is 350 g/mol. The third-order valence-electron chi connectivity index (χ3n) is 3.84. The third kappa shape index (κ3) is 4.42. The Morgan fingerprint density at radius 1 is 0.885 bits per heavy atom. The molecule has 6 heteroatoms. The molecule has 0 saturated carbocycles. The molecule has 6 nitrogen and oxygen atoms in total. The molecule has 1 heterocycles. The van der Waals surface area contributed by atoms with Gasteiger partial charge in [0, 0.05) is 12.6 Å². The Kier molecular flexibility index (Phi) is 5.53. The number of methoxy groups -OCH3 is 2. The maximum atomic E-state index is 5.37. The fraction of sp³-hybridized carbons (Fsp3) is 0.200. The van der Waals surface area contributed by atoms with Gasteiger partial charge in [-0.05, 0) is 36.8 Å². The lowest BCUT2D eigenvalue weighted by Gasteiger charge is -2.12. The number of nitrogens with one attached hydrogen (secondary N) is 2. The highest BCUT2D eigenvalue weighted by atomic mass is 16.5. The third-order valence-corrected chi connectivity index (χ3v) is 3.84. The molecule has 3 rings (SSSR count). The zero-order valence-corrected chi connectivity index (χ0v) is 15.1. The number of anilines is 3. The number of para-hydroxylation sites is 2. The number of rotatable bonds is 7. The SMILES string of the molecule is COc1ccc(CNc2cc(Nc3ccccc3OC)nc(C)n2)cc1. The van der Waals surface area contributed by atoms with Crippen molar-refractivity contribution in [2.24, 2.45) is 0 Å². The van der Waals surface area contributed by atoms with Gasteiger partial charge in [0.15, 0.2) is 0 Å². The quantitative estimate of drug-likeness (QED) is 0.667. The van der Waals surface area contributed by atoms with Crippen molar-refractivity contribution < 1.29 is 9.47 Å². The van der Waals surface area contributed by atoms with E-state index in [1.807, 2.05) is 61.5 Å². The number of aromatic nitrogens is 2. The van der Waals surface area contributed by atoms with Crippen molar-refractivity contribution >= 4 is 17.3 Å². The molecule has 3 aromatic rings.